The van der Waals surface area contributed by atoms with E-state index in [2.05, 4.69) is 35.5 Å². The summed E-state index contributed by atoms with van der Waals surface area (Å²) < 4.78 is 0. The van der Waals surface area contributed by atoms with Crippen LogP contribution in [0.1, 0.15) is 36.8 Å². The van der Waals surface area contributed by atoms with E-state index in [0.717, 1.165) is 5.92 Å². The van der Waals surface area contributed by atoms with E-state index in [4.69, 9.17) is 0 Å². The standard InChI is InChI=1S/C17H26N2/c1-19(11-9-14-4-3-10-18-13-14)17-8-7-15-5-2-6-16(15)12-17/h7-8,12,14,18H,2-6,9-11,13H2,1H3. The van der Waals surface area contributed by atoms with Crippen LogP contribution in [0.15, 0.2) is 18.2 Å². The summed E-state index contributed by atoms with van der Waals surface area (Å²) in [7, 11) is 2.24. The fourth-order valence-electron chi connectivity index (χ4n) is 3.47. The van der Waals surface area contributed by atoms with E-state index in [1.54, 1.807) is 11.1 Å². The summed E-state index contributed by atoms with van der Waals surface area (Å²) in [5, 5.41) is 3.51. The fraction of sp³-hybridized carbons (Fsp3) is 0.647. The van der Waals surface area contributed by atoms with Crippen LogP contribution in [-0.4, -0.2) is 26.7 Å². The summed E-state index contributed by atoms with van der Waals surface area (Å²) in [5.74, 6) is 0.880. The van der Waals surface area contributed by atoms with Crippen LogP contribution >= 0.6 is 0 Å². The van der Waals surface area contributed by atoms with E-state index in [1.165, 1.54) is 63.8 Å². The van der Waals surface area contributed by atoms with Crippen molar-refractivity contribution in [2.45, 2.75) is 38.5 Å². The molecule has 0 radical (unpaired) electrons. The molecule has 1 aliphatic heterocycles. The zero-order valence-electron chi connectivity index (χ0n) is 12.1. The molecule has 1 heterocycles. The van der Waals surface area contributed by atoms with Crippen molar-refractivity contribution in [3.63, 3.8) is 0 Å². The lowest BCUT2D eigenvalue weighted by atomic mass is 9.96. The molecule has 2 nitrogen and oxygen atoms in total. The SMILES string of the molecule is CN(CCC1CCCNC1)c1ccc2c(c1)CCC2. The zero-order valence-corrected chi connectivity index (χ0v) is 12.1. The van der Waals surface area contributed by atoms with Gasteiger partial charge in [-0.1, -0.05) is 6.07 Å². The van der Waals surface area contributed by atoms with Gasteiger partial charge in [0.1, 0.15) is 0 Å². The predicted octanol–water partition coefficient (Wildman–Crippen LogP) is 3.00. The zero-order chi connectivity index (χ0) is 13.1. The van der Waals surface area contributed by atoms with Crippen molar-refractivity contribution >= 4 is 5.69 Å². The third-order valence-corrected chi connectivity index (χ3v) is 4.79. The highest BCUT2D eigenvalue weighted by Crippen LogP contribution is 2.26. The Balaban J connectivity index is 1.56. The minimum absolute atomic E-state index is 0.880. The van der Waals surface area contributed by atoms with Crippen molar-refractivity contribution in [3.05, 3.63) is 29.3 Å². The van der Waals surface area contributed by atoms with Gasteiger partial charge in [0.05, 0.1) is 0 Å². The molecule has 0 saturated carbocycles. The summed E-state index contributed by atoms with van der Waals surface area (Å²) in [5.41, 5.74) is 4.57. The van der Waals surface area contributed by atoms with E-state index in [9.17, 15) is 0 Å². The van der Waals surface area contributed by atoms with E-state index in [-0.39, 0.29) is 0 Å². The molecule has 1 aromatic rings. The lowest BCUT2D eigenvalue weighted by Gasteiger charge is -2.26. The molecule has 3 rings (SSSR count). The van der Waals surface area contributed by atoms with Gasteiger partial charge in [-0.15, -0.1) is 0 Å². The Hall–Kier alpha value is -1.02. The number of benzene rings is 1. The first-order valence-corrected chi connectivity index (χ1v) is 7.86. The number of hydrogen-bond acceptors (Lipinski definition) is 2. The molecule has 1 fully saturated rings. The van der Waals surface area contributed by atoms with Gasteiger partial charge in [0.25, 0.3) is 0 Å². The van der Waals surface area contributed by atoms with Gasteiger partial charge in [0.2, 0.25) is 0 Å². The van der Waals surface area contributed by atoms with Gasteiger partial charge in [-0.2, -0.15) is 0 Å². The van der Waals surface area contributed by atoms with Crippen molar-refractivity contribution in [2.75, 3.05) is 31.6 Å². The first kappa shape index (κ1) is 13.0. The van der Waals surface area contributed by atoms with Gasteiger partial charge in [0.15, 0.2) is 0 Å². The van der Waals surface area contributed by atoms with E-state index < -0.39 is 0 Å². The monoisotopic (exact) mass is 258 g/mol. The summed E-state index contributed by atoms with van der Waals surface area (Å²) >= 11 is 0. The van der Waals surface area contributed by atoms with E-state index in [1.807, 2.05) is 0 Å². The molecule has 1 unspecified atom stereocenters. The predicted molar refractivity (Wildman–Crippen MR) is 81.9 cm³/mol. The smallest absolute Gasteiger partial charge is 0.0366 e. The Labute approximate surface area is 117 Å². The van der Waals surface area contributed by atoms with Gasteiger partial charge in [-0.25, -0.2) is 0 Å². The molecule has 0 aromatic heterocycles. The highest BCUT2D eigenvalue weighted by atomic mass is 15.1. The molecule has 19 heavy (non-hydrogen) atoms. The lowest BCUT2D eigenvalue weighted by molar-refractivity contribution is 0.360. The minimum atomic E-state index is 0.880. The topological polar surface area (TPSA) is 15.3 Å². The Kier molecular flexibility index (Phi) is 4.07. The van der Waals surface area contributed by atoms with Crippen molar-refractivity contribution < 1.29 is 0 Å². The molecular formula is C17H26N2. The molecule has 0 spiro atoms. The number of nitrogens with zero attached hydrogens (tertiary/aromatic N) is 1. The van der Waals surface area contributed by atoms with Crippen LogP contribution in [0.2, 0.25) is 0 Å². The first-order chi connectivity index (χ1) is 9.33. The second kappa shape index (κ2) is 5.96. The summed E-state index contributed by atoms with van der Waals surface area (Å²) in [6, 6.07) is 7.07. The quantitative estimate of drug-likeness (QED) is 0.893. The van der Waals surface area contributed by atoms with E-state index >= 15 is 0 Å². The van der Waals surface area contributed by atoms with Gasteiger partial charge >= 0.3 is 0 Å². The number of aryl methyl sites for hydroxylation is 2. The summed E-state index contributed by atoms with van der Waals surface area (Å²) in [4.78, 5) is 2.44. The normalized spacial score (nSPS) is 22.3. The lowest BCUT2D eigenvalue weighted by Crippen LogP contribution is -2.32. The second-order valence-electron chi connectivity index (χ2n) is 6.23. The summed E-state index contributed by atoms with van der Waals surface area (Å²) in [6.07, 6.45) is 7.99. The molecule has 1 aromatic carbocycles. The first-order valence-electron chi connectivity index (χ1n) is 7.86. The highest BCUT2D eigenvalue weighted by molar-refractivity contribution is 5.51. The Morgan fingerprint density at radius 3 is 2.95 bits per heavy atom. The average Bonchev–Trinajstić information content (AvgIpc) is 2.93. The van der Waals surface area contributed by atoms with Crippen molar-refractivity contribution in [2.24, 2.45) is 5.92 Å². The Morgan fingerprint density at radius 1 is 1.21 bits per heavy atom. The summed E-state index contributed by atoms with van der Waals surface area (Å²) in [6.45, 7) is 3.63. The number of piperidine rings is 1. The van der Waals surface area contributed by atoms with Gasteiger partial charge in [0, 0.05) is 19.3 Å². The maximum absolute atomic E-state index is 3.51. The third kappa shape index (κ3) is 3.11. The van der Waals surface area contributed by atoms with Crippen molar-refractivity contribution in [1.82, 2.24) is 5.32 Å². The highest BCUT2D eigenvalue weighted by Gasteiger charge is 2.15. The average molecular weight is 258 g/mol. The molecule has 2 heteroatoms. The van der Waals surface area contributed by atoms with Crippen LogP contribution in [0.4, 0.5) is 5.69 Å². The third-order valence-electron chi connectivity index (χ3n) is 4.79. The molecular weight excluding hydrogens is 232 g/mol. The maximum Gasteiger partial charge on any atom is 0.0366 e. The fourth-order valence-corrected chi connectivity index (χ4v) is 3.47. The molecule has 104 valence electrons. The van der Waals surface area contributed by atoms with Crippen LogP contribution < -0.4 is 10.2 Å². The molecule has 1 atom stereocenters. The Morgan fingerprint density at radius 2 is 2.11 bits per heavy atom. The van der Waals surface area contributed by atoms with Crippen LogP contribution in [0.5, 0.6) is 0 Å². The maximum atomic E-state index is 3.51. The van der Waals surface area contributed by atoms with Gasteiger partial charge in [-0.3, -0.25) is 0 Å². The number of hydrogen-bond donors (Lipinski definition) is 1. The van der Waals surface area contributed by atoms with Gasteiger partial charge < -0.3 is 10.2 Å². The molecule has 1 N–H and O–H groups in total. The molecule has 0 amide bonds. The minimum Gasteiger partial charge on any atom is -0.375 e. The second-order valence-corrected chi connectivity index (χ2v) is 6.23. The number of rotatable bonds is 4. The van der Waals surface area contributed by atoms with Gasteiger partial charge in [-0.05, 0) is 80.8 Å². The van der Waals surface area contributed by atoms with Crippen molar-refractivity contribution in [1.29, 1.82) is 0 Å². The van der Waals surface area contributed by atoms with Crippen LogP contribution in [0, 0.1) is 5.92 Å². The van der Waals surface area contributed by atoms with Crippen LogP contribution in [-0.2, 0) is 12.8 Å². The number of nitrogens with one attached hydrogen (secondary N) is 1. The molecule has 2 aliphatic rings. The molecule has 1 saturated heterocycles. The molecule has 1 aliphatic carbocycles. The Bertz CT molecular complexity index is 421. The van der Waals surface area contributed by atoms with Crippen LogP contribution in [0.25, 0.3) is 0 Å². The van der Waals surface area contributed by atoms with Crippen molar-refractivity contribution in [3.8, 4) is 0 Å². The number of fused-ring (bicyclic) bond motifs is 1. The number of anilines is 1. The van der Waals surface area contributed by atoms with Crippen LogP contribution in [0.3, 0.4) is 0 Å². The van der Waals surface area contributed by atoms with E-state index in [0.29, 0.717) is 0 Å². The molecule has 0 bridgehead atoms. The largest absolute Gasteiger partial charge is 0.375 e.